The van der Waals surface area contributed by atoms with Crippen molar-refractivity contribution in [3.8, 4) is 11.8 Å². The molecule has 2 atom stereocenters. The van der Waals surface area contributed by atoms with Crippen molar-refractivity contribution >= 4 is 10.0 Å². The largest absolute Gasteiger partial charge is 0.395 e. The highest BCUT2D eigenvalue weighted by Gasteiger charge is 2.39. The molecule has 2 unspecified atom stereocenters. The van der Waals surface area contributed by atoms with Crippen LogP contribution in [-0.4, -0.2) is 26.2 Å². The molecule has 2 N–H and O–H groups in total. The summed E-state index contributed by atoms with van der Waals surface area (Å²) in [6, 6.07) is 3.71. The number of hydrogen-bond acceptors (Lipinski definition) is 3. The summed E-state index contributed by atoms with van der Waals surface area (Å²) >= 11 is 0. The van der Waals surface area contributed by atoms with Gasteiger partial charge in [0.15, 0.2) is 0 Å². The number of nitrogens with one attached hydrogen (secondary N) is 1. The van der Waals surface area contributed by atoms with E-state index in [9.17, 15) is 12.8 Å². The Hall–Kier alpha value is -1.42. The van der Waals surface area contributed by atoms with E-state index in [1.54, 1.807) is 0 Å². The van der Waals surface area contributed by atoms with E-state index >= 15 is 0 Å². The SMILES string of the molecule is CCC1CC1NS(=O)(=O)c1ccc(C#CCCO)cc1F. The van der Waals surface area contributed by atoms with E-state index in [2.05, 4.69) is 16.6 Å². The van der Waals surface area contributed by atoms with Gasteiger partial charge in [-0.1, -0.05) is 25.2 Å². The molecule has 0 heterocycles. The van der Waals surface area contributed by atoms with Crippen LogP contribution in [0.5, 0.6) is 0 Å². The standard InChI is InChI=1S/C15H18FNO3S/c1-2-12-10-14(12)17-21(19,20)15-7-6-11(9-13(15)16)5-3-4-8-18/h6-7,9,12,14,17-18H,2,4,8,10H2,1H3. The molecule has 1 fully saturated rings. The molecular weight excluding hydrogens is 293 g/mol. The minimum Gasteiger partial charge on any atom is -0.395 e. The van der Waals surface area contributed by atoms with Crippen LogP contribution in [0, 0.1) is 23.6 Å². The fourth-order valence-electron chi connectivity index (χ4n) is 2.12. The van der Waals surface area contributed by atoms with Gasteiger partial charge >= 0.3 is 0 Å². The predicted molar refractivity (Wildman–Crippen MR) is 77.5 cm³/mol. The molecule has 4 nitrogen and oxygen atoms in total. The second-order valence-corrected chi connectivity index (χ2v) is 6.73. The Labute approximate surface area is 124 Å². The highest BCUT2D eigenvalue weighted by molar-refractivity contribution is 7.89. The molecule has 114 valence electrons. The summed E-state index contributed by atoms with van der Waals surface area (Å²) in [6.45, 7) is 1.94. The van der Waals surface area contributed by atoms with Crippen molar-refractivity contribution in [2.75, 3.05) is 6.61 Å². The summed E-state index contributed by atoms with van der Waals surface area (Å²) in [5.74, 6) is 4.87. The molecule has 0 bridgehead atoms. The number of sulfonamides is 1. The van der Waals surface area contributed by atoms with Crippen LogP contribution in [0.15, 0.2) is 23.1 Å². The summed E-state index contributed by atoms with van der Waals surface area (Å²) in [4.78, 5) is -0.350. The average molecular weight is 311 g/mol. The zero-order valence-corrected chi connectivity index (χ0v) is 12.6. The number of benzene rings is 1. The van der Waals surface area contributed by atoms with Gasteiger partial charge in [0, 0.05) is 18.0 Å². The van der Waals surface area contributed by atoms with Crippen molar-refractivity contribution in [3.63, 3.8) is 0 Å². The Kier molecular flexibility index (Phi) is 4.99. The Morgan fingerprint density at radius 2 is 2.24 bits per heavy atom. The molecule has 2 rings (SSSR count). The molecule has 1 aliphatic carbocycles. The lowest BCUT2D eigenvalue weighted by molar-refractivity contribution is 0.305. The van der Waals surface area contributed by atoms with E-state index in [1.165, 1.54) is 12.1 Å². The molecule has 0 aromatic heterocycles. The fraction of sp³-hybridized carbons (Fsp3) is 0.467. The Bertz CT molecular complexity index is 676. The third-order valence-electron chi connectivity index (χ3n) is 3.44. The van der Waals surface area contributed by atoms with E-state index in [4.69, 9.17) is 5.11 Å². The molecule has 0 amide bonds. The lowest BCUT2D eigenvalue weighted by Gasteiger charge is -2.07. The summed E-state index contributed by atoms with van der Waals surface area (Å²) in [6.07, 6.45) is 2.01. The maximum atomic E-state index is 14.0. The number of hydrogen-bond donors (Lipinski definition) is 2. The smallest absolute Gasteiger partial charge is 0.243 e. The lowest BCUT2D eigenvalue weighted by atomic mass is 10.2. The molecule has 1 aliphatic rings. The van der Waals surface area contributed by atoms with Crippen molar-refractivity contribution in [2.45, 2.75) is 37.1 Å². The zero-order chi connectivity index (χ0) is 15.5. The van der Waals surface area contributed by atoms with Gasteiger partial charge in [0.2, 0.25) is 10.0 Å². The second-order valence-electron chi connectivity index (χ2n) is 5.05. The first-order valence-electron chi connectivity index (χ1n) is 6.89. The quantitative estimate of drug-likeness (QED) is 0.812. The number of aliphatic hydroxyl groups excluding tert-OH is 1. The van der Waals surface area contributed by atoms with Gasteiger partial charge in [-0.3, -0.25) is 0 Å². The maximum Gasteiger partial charge on any atom is 0.243 e. The van der Waals surface area contributed by atoms with E-state index in [0.717, 1.165) is 18.9 Å². The van der Waals surface area contributed by atoms with Crippen LogP contribution in [0.1, 0.15) is 31.7 Å². The Balaban J connectivity index is 2.15. The molecule has 1 aromatic carbocycles. The highest BCUT2D eigenvalue weighted by atomic mass is 32.2. The predicted octanol–water partition coefficient (Wildman–Crippen LogP) is 1.64. The monoisotopic (exact) mass is 311 g/mol. The first kappa shape index (κ1) is 16.0. The minimum atomic E-state index is -3.83. The van der Waals surface area contributed by atoms with E-state index in [0.29, 0.717) is 17.9 Å². The van der Waals surface area contributed by atoms with Crippen LogP contribution in [0.25, 0.3) is 0 Å². The molecule has 0 saturated heterocycles. The molecule has 0 aliphatic heterocycles. The molecular formula is C15H18FNO3S. The van der Waals surface area contributed by atoms with Crippen LogP contribution in [0.3, 0.4) is 0 Å². The van der Waals surface area contributed by atoms with Crippen LogP contribution < -0.4 is 4.72 Å². The molecule has 1 aromatic rings. The number of rotatable bonds is 5. The van der Waals surface area contributed by atoms with Crippen LogP contribution >= 0.6 is 0 Å². The van der Waals surface area contributed by atoms with Gasteiger partial charge in [0.05, 0.1) is 6.61 Å². The van der Waals surface area contributed by atoms with Gasteiger partial charge in [-0.15, -0.1) is 0 Å². The Morgan fingerprint density at radius 3 is 2.81 bits per heavy atom. The fourth-order valence-corrected chi connectivity index (χ4v) is 3.50. The van der Waals surface area contributed by atoms with Gasteiger partial charge in [-0.25, -0.2) is 17.5 Å². The Morgan fingerprint density at radius 1 is 1.48 bits per heavy atom. The minimum absolute atomic E-state index is 0.0636. The van der Waals surface area contributed by atoms with Crippen molar-refractivity contribution < 1.29 is 17.9 Å². The third kappa shape index (κ3) is 4.03. The zero-order valence-electron chi connectivity index (χ0n) is 11.8. The van der Waals surface area contributed by atoms with Crippen molar-refractivity contribution in [1.29, 1.82) is 0 Å². The maximum absolute atomic E-state index is 14.0. The first-order valence-corrected chi connectivity index (χ1v) is 8.38. The molecule has 1 saturated carbocycles. The third-order valence-corrected chi connectivity index (χ3v) is 4.97. The second kappa shape index (κ2) is 6.56. The molecule has 0 spiro atoms. The summed E-state index contributed by atoms with van der Waals surface area (Å²) in [5, 5.41) is 8.62. The number of aliphatic hydroxyl groups is 1. The molecule has 6 heteroatoms. The van der Waals surface area contributed by atoms with Crippen molar-refractivity contribution in [2.24, 2.45) is 5.92 Å². The lowest BCUT2D eigenvalue weighted by Crippen LogP contribution is -2.27. The molecule has 0 radical (unpaired) electrons. The van der Waals surface area contributed by atoms with Gasteiger partial charge < -0.3 is 5.11 Å². The van der Waals surface area contributed by atoms with Crippen molar-refractivity contribution in [1.82, 2.24) is 4.72 Å². The van der Waals surface area contributed by atoms with Gasteiger partial charge in [-0.05, 0) is 30.5 Å². The van der Waals surface area contributed by atoms with Gasteiger partial charge in [-0.2, -0.15) is 0 Å². The topological polar surface area (TPSA) is 66.4 Å². The van der Waals surface area contributed by atoms with E-state index in [1.807, 2.05) is 6.92 Å². The van der Waals surface area contributed by atoms with E-state index < -0.39 is 15.8 Å². The first-order chi connectivity index (χ1) is 9.97. The van der Waals surface area contributed by atoms with Gasteiger partial charge in [0.25, 0.3) is 0 Å². The normalized spacial score (nSPS) is 20.7. The van der Waals surface area contributed by atoms with Crippen LogP contribution in [0.2, 0.25) is 0 Å². The van der Waals surface area contributed by atoms with Crippen LogP contribution in [0.4, 0.5) is 4.39 Å². The highest BCUT2D eigenvalue weighted by Crippen LogP contribution is 2.34. The van der Waals surface area contributed by atoms with Crippen molar-refractivity contribution in [3.05, 3.63) is 29.6 Å². The van der Waals surface area contributed by atoms with Crippen LogP contribution in [-0.2, 0) is 10.0 Å². The summed E-state index contributed by atoms with van der Waals surface area (Å²) < 4.78 is 40.7. The summed E-state index contributed by atoms with van der Waals surface area (Å²) in [7, 11) is -3.83. The number of halogens is 1. The average Bonchev–Trinajstić information content (AvgIpc) is 3.16. The van der Waals surface area contributed by atoms with Gasteiger partial charge in [0.1, 0.15) is 10.7 Å². The summed E-state index contributed by atoms with van der Waals surface area (Å²) in [5.41, 5.74) is 0.387. The van der Waals surface area contributed by atoms with E-state index in [-0.39, 0.29) is 17.5 Å². The molecule has 21 heavy (non-hydrogen) atoms.